The van der Waals surface area contributed by atoms with Gasteiger partial charge in [0, 0.05) is 6.61 Å². The fourth-order valence-corrected chi connectivity index (χ4v) is 0. The first-order valence-corrected chi connectivity index (χ1v) is 3.40. The molecule has 84 valence electrons. The summed E-state index contributed by atoms with van der Waals surface area (Å²) in [6.07, 6.45) is 0. The van der Waals surface area contributed by atoms with E-state index in [0.29, 0.717) is 0 Å². The Morgan fingerprint density at radius 2 is 1.13 bits per heavy atom. The smallest absolute Gasteiger partial charge is 1.00 e. The summed E-state index contributed by atoms with van der Waals surface area (Å²) in [5.74, 6) is -1.94. The molecule has 15 heavy (non-hydrogen) atoms. The van der Waals surface area contributed by atoms with Crippen LogP contribution < -0.4 is 70.6 Å². The molecule has 7 nitrogen and oxygen atoms in total. The Morgan fingerprint density at radius 3 is 1.13 bits per heavy atom. The fourth-order valence-electron chi connectivity index (χ4n) is 0. The maximum Gasteiger partial charge on any atom is 1.00 e. The van der Waals surface area contributed by atoms with Crippen LogP contribution in [0.25, 0.3) is 0 Å². The van der Waals surface area contributed by atoms with E-state index >= 15 is 0 Å². The topological polar surface area (TPSA) is 147 Å². The number of aliphatic hydroxyl groups excluding tert-OH is 1. The van der Waals surface area contributed by atoms with Crippen LogP contribution in [0, 0.1) is 0 Å². The zero-order valence-electron chi connectivity index (χ0n) is 11.4. The van der Waals surface area contributed by atoms with Crippen LogP contribution in [0.3, 0.4) is 0 Å². The van der Waals surface area contributed by atoms with E-state index in [1.807, 2.05) is 0 Å². The maximum atomic E-state index is 9.24. The van der Waals surface area contributed by atoms with Crippen LogP contribution in [-0.2, 0) is 9.59 Å². The van der Waals surface area contributed by atoms with Crippen LogP contribution in [-0.4, -0.2) is 47.0 Å². The Labute approximate surface area is 136 Å². The van der Waals surface area contributed by atoms with Gasteiger partial charge in [0.25, 0.3) is 0 Å². The van der Waals surface area contributed by atoms with Crippen molar-refractivity contribution in [2.45, 2.75) is 6.92 Å². The number of carboxylic acid groups (broad SMARTS) is 2. The van der Waals surface area contributed by atoms with Crippen molar-refractivity contribution in [2.75, 3.05) is 19.7 Å². The molecule has 0 radical (unpaired) electrons. The first-order chi connectivity index (χ1) is 5.95. The van der Waals surface area contributed by atoms with Crippen LogP contribution >= 0.6 is 0 Å². The van der Waals surface area contributed by atoms with Crippen molar-refractivity contribution >= 4 is 11.9 Å². The molecule has 0 aromatic heterocycles. The van der Waals surface area contributed by atoms with Crippen molar-refractivity contribution in [1.29, 1.82) is 0 Å². The molecule has 0 aliphatic carbocycles. The van der Waals surface area contributed by atoms with Gasteiger partial charge in [0.2, 0.25) is 0 Å². The molecule has 9 heteroatoms. The summed E-state index contributed by atoms with van der Waals surface area (Å²) in [7, 11) is 0. The summed E-state index contributed by atoms with van der Waals surface area (Å²) in [5.41, 5.74) is 9.14. The zero-order chi connectivity index (χ0) is 11.3. The van der Waals surface area contributed by atoms with Gasteiger partial charge in [0.1, 0.15) is 0 Å². The van der Waals surface area contributed by atoms with Gasteiger partial charge in [-0.2, -0.15) is 0 Å². The second-order valence-corrected chi connectivity index (χ2v) is 1.51. The Kier molecular flexibility index (Phi) is 58.1. The third-order valence-electron chi connectivity index (χ3n) is 0.349. The van der Waals surface area contributed by atoms with E-state index in [9.17, 15) is 9.59 Å². The molecular formula is C6H18N2Na2O5. The minimum absolute atomic E-state index is 0. The fraction of sp³-hybridized carbons (Fsp3) is 0.667. The van der Waals surface area contributed by atoms with Crippen molar-refractivity contribution in [3.63, 3.8) is 0 Å². The molecule has 7 N–H and O–H groups in total. The summed E-state index contributed by atoms with van der Waals surface area (Å²) >= 11 is 0. The predicted molar refractivity (Wildman–Crippen MR) is 48.4 cm³/mol. The molecule has 0 aliphatic rings. The van der Waals surface area contributed by atoms with Gasteiger partial charge in [0.15, 0.2) is 0 Å². The van der Waals surface area contributed by atoms with Gasteiger partial charge in [0.05, 0.1) is 13.1 Å². The Morgan fingerprint density at radius 1 is 1.07 bits per heavy atom. The van der Waals surface area contributed by atoms with Gasteiger partial charge in [-0.25, -0.2) is 0 Å². The van der Waals surface area contributed by atoms with Crippen molar-refractivity contribution < 1.29 is 86.9 Å². The van der Waals surface area contributed by atoms with E-state index in [1.165, 1.54) is 0 Å². The second-order valence-electron chi connectivity index (χ2n) is 1.51. The quantitative estimate of drug-likeness (QED) is 0.303. The molecular weight excluding hydrogens is 226 g/mol. The minimum Gasteiger partial charge on any atom is -1.00 e. The summed E-state index contributed by atoms with van der Waals surface area (Å²) in [4.78, 5) is 18.5. The number of carbonyl (C=O) groups is 2. The largest absolute Gasteiger partial charge is 1.00 e. The van der Waals surface area contributed by atoms with Crippen molar-refractivity contribution in [3.8, 4) is 0 Å². The Bertz CT molecular complexity index is 132. The molecule has 0 saturated heterocycles. The predicted octanol–water partition coefficient (Wildman–Crippen LogP) is -7.71. The van der Waals surface area contributed by atoms with Crippen LogP contribution in [0.1, 0.15) is 9.78 Å². The molecule has 0 spiro atoms. The van der Waals surface area contributed by atoms with E-state index in [4.69, 9.17) is 15.3 Å². The van der Waals surface area contributed by atoms with E-state index in [-0.39, 0.29) is 81.7 Å². The monoisotopic (exact) mass is 244 g/mol. The Hall–Kier alpha value is 0.820. The van der Waals surface area contributed by atoms with Crippen molar-refractivity contribution in [2.24, 2.45) is 11.5 Å². The number of rotatable bonds is 2. The Balaban J connectivity index is -0.0000000162. The molecule has 0 bridgehead atoms. The number of hydrogen-bond donors (Lipinski definition) is 5. The molecule has 0 rings (SSSR count). The molecule has 0 aliphatic heterocycles. The SMILES string of the molecule is CCO.NCC(=O)O.NCC(=O)O.[H-].[H-].[Na+].[Na+]. The number of hydrogen-bond acceptors (Lipinski definition) is 5. The minimum atomic E-state index is -0.968. The maximum absolute atomic E-state index is 9.24. The van der Waals surface area contributed by atoms with E-state index in [1.54, 1.807) is 6.92 Å². The average molecular weight is 244 g/mol. The average Bonchev–Trinajstić information content (AvgIpc) is 2.07. The van der Waals surface area contributed by atoms with E-state index in [0.717, 1.165) is 0 Å². The number of aliphatic hydroxyl groups is 1. The molecule has 0 heterocycles. The third-order valence-corrected chi connectivity index (χ3v) is 0.349. The summed E-state index contributed by atoms with van der Waals surface area (Å²) in [6, 6.07) is 0. The van der Waals surface area contributed by atoms with Crippen molar-refractivity contribution in [3.05, 3.63) is 0 Å². The van der Waals surface area contributed by atoms with Crippen molar-refractivity contribution in [1.82, 2.24) is 0 Å². The normalized spacial score (nSPS) is 6.13. The van der Waals surface area contributed by atoms with Crippen LogP contribution in [0.15, 0.2) is 0 Å². The molecule has 0 amide bonds. The van der Waals surface area contributed by atoms with Gasteiger partial charge in [-0.15, -0.1) is 0 Å². The second kappa shape index (κ2) is 29.4. The molecule has 0 atom stereocenters. The van der Waals surface area contributed by atoms with Crippen LogP contribution in [0.2, 0.25) is 0 Å². The summed E-state index contributed by atoms with van der Waals surface area (Å²) in [5, 5.41) is 22.8. The molecule has 0 aromatic rings. The van der Waals surface area contributed by atoms with Crippen LogP contribution in [0.5, 0.6) is 0 Å². The first kappa shape index (κ1) is 29.7. The van der Waals surface area contributed by atoms with Gasteiger partial charge in [-0.1, -0.05) is 0 Å². The van der Waals surface area contributed by atoms with Gasteiger partial charge < -0.3 is 29.6 Å². The van der Waals surface area contributed by atoms with Gasteiger partial charge in [-0.05, 0) is 6.92 Å². The molecule has 0 unspecified atom stereocenters. The first-order valence-electron chi connectivity index (χ1n) is 3.40. The molecule has 0 aromatic carbocycles. The standard InChI is InChI=1S/2C2H5NO2.C2H6O.2Na.2H/c2*3-1-2(4)5;1-2-3;;;;/h2*1,3H2,(H,4,5);3H,2H2,1H3;;;;/q;;;2*+1;2*-1. The van der Waals surface area contributed by atoms with Gasteiger partial charge in [-0.3, -0.25) is 9.59 Å². The summed E-state index contributed by atoms with van der Waals surface area (Å²) in [6.45, 7) is 1.37. The third kappa shape index (κ3) is 105. The zero-order valence-corrected chi connectivity index (χ0v) is 13.4. The van der Waals surface area contributed by atoms with E-state index in [2.05, 4.69) is 11.5 Å². The summed E-state index contributed by atoms with van der Waals surface area (Å²) < 4.78 is 0. The molecule has 0 fully saturated rings. The van der Waals surface area contributed by atoms with E-state index < -0.39 is 11.9 Å². The van der Waals surface area contributed by atoms with Crippen LogP contribution in [0.4, 0.5) is 0 Å². The number of carboxylic acids is 2. The number of nitrogens with two attached hydrogens (primary N) is 2. The molecule has 0 saturated carbocycles. The van der Waals surface area contributed by atoms with Gasteiger partial charge >= 0.3 is 71.1 Å². The number of aliphatic carboxylic acids is 2.